The zero-order valence-corrected chi connectivity index (χ0v) is 27.2. The van der Waals surface area contributed by atoms with E-state index in [9.17, 15) is 19.5 Å². The topological polar surface area (TPSA) is 96.4 Å². The number of likely N-dealkylation sites (tertiary alicyclic amines) is 1. The van der Waals surface area contributed by atoms with Crippen LogP contribution in [0.5, 0.6) is 0 Å². The van der Waals surface area contributed by atoms with E-state index >= 15 is 0 Å². The smallest absolute Gasteiger partial charge is 0.312 e. The van der Waals surface area contributed by atoms with E-state index in [1.54, 1.807) is 11.0 Å². The van der Waals surface area contributed by atoms with Crippen molar-refractivity contribution >= 4 is 17.8 Å². The van der Waals surface area contributed by atoms with Crippen molar-refractivity contribution in [2.24, 2.45) is 23.2 Å². The van der Waals surface area contributed by atoms with Crippen LogP contribution in [-0.2, 0) is 23.9 Å². The first-order chi connectivity index (χ1) is 19.6. The molecule has 3 saturated heterocycles. The van der Waals surface area contributed by atoms with Crippen LogP contribution in [0.15, 0.2) is 25.3 Å². The normalized spacial score (nSPS) is 30.4. The summed E-state index contributed by atoms with van der Waals surface area (Å²) in [5.74, 6) is -2.36. The summed E-state index contributed by atoms with van der Waals surface area (Å²) >= 11 is 0. The molecule has 8 heteroatoms. The third kappa shape index (κ3) is 6.50. The van der Waals surface area contributed by atoms with Crippen molar-refractivity contribution in [2.45, 2.75) is 123 Å². The highest BCUT2D eigenvalue weighted by Gasteiger charge is 2.80. The number of rotatable bonds is 16. The SMILES string of the molecule is C=CCCCCOC(=O)[C@@H]1[C@H]2C(=O)N(CCCCCO)C(C(=O)N(CC=C)C(C)(C)CC(C)(C)C)C23CC(C)[C@@]1(C)O3. The third-order valence-electron chi connectivity index (χ3n) is 9.68. The van der Waals surface area contributed by atoms with E-state index in [4.69, 9.17) is 9.47 Å². The van der Waals surface area contributed by atoms with Gasteiger partial charge in [-0.15, -0.1) is 13.2 Å². The van der Waals surface area contributed by atoms with Crippen LogP contribution in [-0.4, -0.2) is 81.8 Å². The first kappa shape index (κ1) is 34.3. The Morgan fingerprint density at radius 3 is 2.40 bits per heavy atom. The molecule has 0 aromatic heterocycles. The maximum absolute atomic E-state index is 14.8. The van der Waals surface area contributed by atoms with Crippen LogP contribution < -0.4 is 0 Å². The molecule has 1 N–H and O–H groups in total. The molecule has 6 atom stereocenters. The minimum atomic E-state index is -1.11. The van der Waals surface area contributed by atoms with Crippen LogP contribution in [0.1, 0.15) is 99.8 Å². The number of amides is 2. The molecule has 238 valence electrons. The standard InChI is InChI=1S/C34H56N2O6/c1-10-12-13-17-21-41-30(40)26-25-28(38)35(19-15-14-16-20-37)27(34(25)22-24(3)33(26,9)42-34)29(39)36(18-11-2)32(7,8)23-31(4,5)6/h10-11,24-27,37H,1-2,12-23H2,3-9H3/t24?,25-,26-,27?,33+,34?/m0/s1. The minimum absolute atomic E-state index is 0.0374. The van der Waals surface area contributed by atoms with Gasteiger partial charge in [0.15, 0.2) is 0 Å². The van der Waals surface area contributed by atoms with Crippen LogP contribution in [0.4, 0.5) is 0 Å². The fourth-order valence-electron chi connectivity index (χ4n) is 8.15. The van der Waals surface area contributed by atoms with E-state index in [1.807, 2.05) is 17.9 Å². The van der Waals surface area contributed by atoms with Gasteiger partial charge in [0.2, 0.25) is 11.8 Å². The Balaban J connectivity index is 2.03. The fourth-order valence-corrected chi connectivity index (χ4v) is 8.15. The van der Waals surface area contributed by atoms with Crippen molar-refractivity contribution in [1.29, 1.82) is 0 Å². The van der Waals surface area contributed by atoms with Crippen molar-refractivity contribution in [3.05, 3.63) is 25.3 Å². The predicted octanol–water partition coefficient (Wildman–Crippen LogP) is 5.29. The average molecular weight is 589 g/mol. The van der Waals surface area contributed by atoms with Crippen LogP contribution in [0.2, 0.25) is 0 Å². The molecule has 1 spiro atoms. The lowest BCUT2D eigenvalue weighted by Crippen LogP contribution is -2.61. The number of carbonyl (C=O) groups is 3. The second-order valence-corrected chi connectivity index (χ2v) is 14.8. The summed E-state index contributed by atoms with van der Waals surface area (Å²) in [6, 6.07) is -0.849. The molecule has 0 aromatic carbocycles. The molecule has 2 amide bonds. The number of nitrogens with zero attached hydrogens (tertiary/aromatic N) is 2. The second-order valence-electron chi connectivity index (χ2n) is 14.8. The number of hydrogen-bond donors (Lipinski definition) is 1. The van der Waals surface area contributed by atoms with Crippen molar-refractivity contribution in [3.8, 4) is 0 Å². The van der Waals surface area contributed by atoms with Crippen LogP contribution in [0, 0.1) is 23.2 Å². The molecule has 3 unspecified atom stereocenters. The molecule has 3 aliphatic rings. The molecule has 2 bridgehead atoms. The predicted molar refractivity (Wildman–Crippen MR) is 164 cm³/mol. The van der Waals surface area contributed by atoms with Gasteiger partial charge in [-0.05, 0) is 83.5 Å². The highest BCUT2D eigenvalue weighted by Crippen LogP contribution is 2.65. The maximum Gasteiger partial charge on any atom is 0.312 e. The van der Waals surface area contributed by atoms with Crippen molar-refractivity contribution in [1.82, 2.24) is 9.80 Å². The molecule has 0 aromatic rings. The molecule has 3 heterocycles. The van der Waals surface area contributed by atoms with E-state index in [1.165, 1.54) is 0 Å². The Labute approximate surface area is 253 Å². The van der Waals surface area contributed by atoms with Gasteiger partial charge in [-0.25, -0.2) is 0 Å². The van der Waals surface area contributed by atoms with Crippen molar-refractivity contribution < 1.29 is 29.0 Å². The molecule has 0 aliphatic carbocycles. The summed E-state index contributed by atoms with van der Waals surface area (Å²) in [4.78, 5) is 46.5. The number of carbonyl (C=O) groups excluding carboxylic acids is 3. The zero-order chi connectivity index (χ0) is 31.5. The van der Waals surface area contributed by atoms with Crippen LogP contribution in [0.3, 0.4) is 0 Å². The summed E-state index contributed by atoms with van der Waals surface area (Å²) in [5, 5.41) is 9.33. The zero-order valence-electron chi connectivity index (χ0n) is 27.2. The molecule has 8 nitrogen and oxygen atoms in total. The van der Waals surface area contributed by atoms with Crippen LogP contribution >= 0.6 is 0 Å². The largest absolute Gasteiger partial charge is 0.465 e. The van der Waals surface area contributed by atoms with Gasteiger partial charge in [0.25, 0.3) is 0 Å². The monoisotopic (exact) mass is 588 g/mol. The Hall–Kier alpha value is -2.19. The fraction of sp³-hybridized carbons (Fsp3) is 0.794. The Kier molecular flexibility index (Phi) is 10.8. The van der Waals surface area contributed by atoms with Gasteiger partial charge in [-0.3, -0.25) is 14.4 Å². The number of hydrogen-bond acceptors (Lipinski definition) is 6. The summed E-state index contributed by atoms with van der Waals surface area (Å²) in [6.45, 7) is 23.3. The molecule has 3 rings (SSSR count). The quantitative estimate of drug-likeness (QED) is 0.150. The number of esters is 1. The van der Waals surface area contributed by atoms with Gasteiger partial charge >= 0.3 is 5.97 Å². The van der Waals surface area contributed by atoms with E-state index in [0.717, 1.165) is 32.1 Å². The number of aliphatic hydroxyl groups is 1. The average Bonchev–Trinajstić information content (AvgIpc) is 3.39. The van der Waals surface area contributed by atoms with Crippen molar-refractivity contribution in [2.75, 3.05) is 26.3 Å². The summed E-state index contributed by atoms with van der Waals surface area (Å²) < 4.78 is 12.6. The van der Waals surface area contributed by atoms with Crippen LogP contribution in [0.25, 0.3) is 0 Å². The minimum Gasteiger partial charge on any atom is -0.465 e. The van der Waals surface area contributed by atoms with Crippen molar-refractivity contribution in [3.63, 3.8) is 0 Å². The van der Waals surface area contributed by atoms with E-state index in [-0.39, 0.29) is 36.4 Å². The molecular weight excluding hydrogens is 532 g/mol. The second kappa shape index (κ2) is 13.2. The number of aliphatic hydroxyl groups excluding tert-OH is 1. The molecule has 3 aliphatic heterocycles. The summed E-state index contributed by atoms with van der Waals surface area (Å²) in [7, 11) is 0. The van der Waals surface area contributed by atoms with E-state index in [0.29, 0.717) is 32.4 Å². The first-order valence-electron chi connectivity index (χ1n) is 15.9. The molecule has 3 fully saturated rings. The molecule has 0 radical (unpaired) electrons. The van der Waals surface area contributed by atoms with Gasteiger partial charge < -0.3 is 24.4 Å². The number of unbranched alkanes of at least 4 members (excludes halogenated alkanes) is 4. The molecule has 42 heavy (non-hydrogen) atoms. The van der Waals surface area contributed by atoms with Gasteiger partial charge in [0.1, 0.15) is 17.6 Å². The molecule has 0 saturated carbocycles. The maximum atomic E-state index is 14.8. The number of fused-ring (bicyclic) bond motifs is 1. The van der Waals surface area contributed by atoms with E-state index < -0.39 is 40.6 Å². The molecular formula is C34H56N2O6. The number of ether oxygens (including phenoxy) is 2. The Morgan fingerprint density at radius 1 is 1.12 bits per heavy atom. The lowest BCUT2D eigenvalue weighted by atomic mass is 9.62. The highest BCUT2D eigenvalue weighted by molar-refractivity contribution is 5.98. The van der Waals surface area contributed by atoms with Gasteiger partial charge in [0, 0.05) is 25.2 Å². The lowest BCUT2D eigenvalue weighted by Gasteiger charge is -2.45. The number of allylic oxidation sites excluding steroid dienone is 1. The van der Waals surface area contributed by atoms with Gasteiger partial charge in [0.05, 0.1) is 18.1 Å². The van der Waals surface area contributed by atoms with Gasteiger partial charge in [-0.2, -0.15) is 0 Å². The highest BCUT2D eigenvalue weighted by atomic mass is 16.6. The summed E-state index contributed by atoms with van der Waals surface area (Å²) in [6.07, 6.45) is 9.32. The first-order valence-corrected chi connectivity index (χ1v) is 15.9. The third-order valence-corrected chi connectivity index (χ3v) is 9.68. The summed E-state index contributed by atoms with van der Waals surface area (Å²) in [5.41, 5.74) is -2.56. The lowest BCUT2D eigenvalue weighted by molar-refractivity contribution is -0.163. The Bertz CT molecular complexity index is 1020. The Morgan fingerprint density at radius 2 is 1.81 bits per heavy atom. The van der Waals surface area contributed by atoms with E-state index in [2.05, 4.69) is 54.7 Å². The van der Waals surface area contributed by atoms with Gasteiger partial charge in [-0.1, -0.05) is 39.8 Å².